The molecular formula is C14H22N2O3. The van der Waals surface area contributed by atoms with Gasteiger partial charge in [0.2, 0.25) is 0 Å². The van der Waals surface area contributed by atoms with E-state index in [9.17, 15) is 4.79 Å². The number of nitrogens with one attached hydrogen (secondary N) is 2. The van der Waals surface area contributed by atoms with Crippen molar-refractivity contribution in [3.8, 4) is 5.75 Å². The van der Waals surface area contributed by atoms with Crippen LogP contribution in [0.5, 0.6) is 5.75 Å². The molecule has 0 aromatic heterocycles. The summed E-state index contributed by atoms with van der Waals surface area (Å²) in [6.45, 7) is 3.94. The fourth-order valence-corrected chi connectivity index (χ4v) is 1.69. The van der Waals surface area contributed by atoms with Gasteiger partial charge in [0.05, 0.1) is 7.11 Å². The maximum atomic E-state index is 11.9. The van der Waals surface area contributed by atoms with E-state index in [1.807, 2.05) is 13.8 Å². The Bertz CT molecular complexity index is 406. The van der Waals surface area contributed by atoms with Gasteiger partial charge in [0.25, 0.3) is 0 Å². The average Bonchev–Trinajstić information content (AvgIpc) is 2.39. The Balaban J connectivity index is 2.58. The standard InChI is InChI=1S/C14H22N2O3/c1-4-14(2,9-10-17)16-13(18)15-11-5-7-12(19-3)8-6-11/h5-8,17H,4,9-10H2,1-3H3,(H2,15,16,18). The summed E-state index contributed by atoms with van der Waals surface area (Å²) < 4.78 is 5.05. The summed E-state index contributed by atoms with van der Waals surface area (Å²) in [4.78, 5) is 11.9. The number of rotatable bonds is 6. The van der Waals surface area contributed by atoms with E-state index in [1.54, 1.807) is 31.4 Å². The van der Waals surface area contributed by atoms with Crippen LogP contribution in [0.25, 0.3) is 0 Å². The molecule has 0 aliphatic carbocycles. The molecule has 0 aliphatic rings. The van der Waals surface area contributed by atoms with Crippen LogP contribution in [0.2, 0.25) is 0 Å². The smallest absolute Gasteiger partial charge is 0.319 e. The Morgan fingerprint density at radius 1 is 1.37 bits per heavy atom. The number of amides is 2. The van der Waals surface area contributed by atoms with Crippen LogP contribution in [0.15, 0.2) is 24.3 Å². The molecule has 0 radical (unpaired) electrons. The summed E-state index contributed by atoms with van der Waals surface area (Å²) >= 11 is 0. The summed E-state index contributed by atoms with van der Waals surface area (Å²) in [6.07, 6.45) is 1.28. The van der Waals surface area contributed by atoms with Gasteiger partial charge in [-0.3, -0.25) is 0 Å². The van der Waals surface area contributed by atoms with Gasteiger partial charge in [-0.2, -0.15) is 0 Å². The highest BCUT2D eigenvalue weighted by molar-refractivity contribution is 5.89. The molecule has 19 heavy (non-hydrogen) atoms. The molecule has 1 unspecified atom stereocenters. The molecule has 1 aromatic rings. The van der Waals surface area contributed by atoms with E-state index in [1.165, 1.54) is 0 Å². The molecule has 1 aromatic carbocycles. The number of aliphatic hydroxyl groups is 1. The predicted molar refractivity (Wildman–Crippen MR) is 75.5 cm³/mol. The second kappa shape index (κ2) is 6.99. The maximum Gasteiger partial charge on any atom is 0.319 e. The van der Waals surface area contributed by atoms with E-state index >= 15 is 0 Å². The van der Waals surface area contributed by atoms with Gasteiger partial charge in [-0.1, -0.05) is 6.92 Å². The normalized spacial score (nSPS) is 13.5. The fraction of sp³-hybridized carbons (Fsp3) is 0.500. The molecule has 0 saturated carbocycles. The minimum atomic E-state index is -0.398. The van der Waals surface area contributed by atoms with Crippen molar-refractivity contribution in [1.82, 2.24) is 5.32 Å². The van der Waals surface area contributed by atoms with Crippen LogP contribution in [-0.2, 0) is 0 Å². The van der Waals surface area contributed by atoms with Gasteiger partial charge in [-0.15, -0.1) is 0 Å². The van der Waals surface area contributed by atoms with Crippen molar-refractivity contribution in [3.63, 3.8) is 0 Å². The highest BCUT2D eigenvalue weighted by atomic mass is 16.5. The highest BCUT2D eigenvalue weighted by Gasteiger charge is 2.23. The number of carbonyl (C=O) groups is 1. The number of hydrogen-bond donors (Lipinski definition) is 3. The van der Waals surface area contributed by atoms with Crippen LogP contribution in [0.4, 0.5) is 10.5 Å². The molecule has 1 rings (SSSR count). The van der Waals surface area contributed by atoms with E-state index in [2.05, 4.69) is 10.6 Å². The second-order valence-corrected chi connectivity index (χ2v) is 4.70. The summed E-state index contributed by atoms with van der Waals surface area (Å²) in [5.41, 5.74) is 0.298. The molecule has 3 N–H and O–H groups in total. The molecule has 0 aliphatic heterocycles. The summed E-state index contributed by atoms with van der Waals surface area (Å²) in [6, 6.07) is 6.83. The molecule has 0 heterocycles. The molecule has 106 valence electrons. The van der Waals surface area contributed by atoms with Crippen molar-refractivity contribution in [2.45, 2.75) is 32.2 Å². The average molecular weight is 266 g/mol. The van der Waals surface area contributed by atoms with Crippen LogP contribution in [-0.4, -0.2) is 30.4 Å². The van der Waals surface area contributed by atoms with E-state index in [4.69, 9.17) is 9.84 Å². The quantitative estimate of drug-likeness (QED) is 0.740. The molecule has 0 fully saturated rings. The fourth-order valence-electron chi connectivity index (χ4n) is 1.69. The lowest BCUT2D eigenvalue weighted by molar-refractivity contribution is 0.208. The van der Waals surface area contributed by atoms with E-state index in [0.717, 1.165) is 12.2 Å². The Hall–Kier alpha value is -1.75. The summed E-state index contributed by atoms with van der Waals surface area (Å²) in [5.74, 6) is 0.740. The van der Waals surface area contributed by atoms with Crippen LogP contribution in [0, 0.1) is 0 Å². The first-order chi connectivity index (χ1) is 9.03. The third-order valence-electron chi connectivity index (χ3n) is 3.21. The first-order valence-electron chi connectivity index (χ1n) is 6.37. The predicted octanol–water partition coefficient (Wildman–Crippen LogP) is 2.37. The van der Waals surface area contributed by atoms with Crippen LogP contribution >= 0.6 is 0 Å². The number of hydrogen-bond acceptors (Lipinski definition) is 3. The van der Waals surface area contributed by atoms with Gasteiger partial charge < -0.3 is 20.5 Å². The molecule has 0 spiro atoms. The summed E-state index contributed by atoms with van der Waals surface area (Å²) in [7, 11) is 1.59. The van der Waals surface area contributed by atoms with Crippen molar-refractivity contribution < 1.29 is 14.6 Å². The van der Waals surface area contributed by atoms with Crippen molar-refractivity contribution in [2.24, 2.45) is 0 Å². The van der Waals surface area contributed by atoms with E-state index in [-0.39, 0.29) is 12.6 Å². The van der Waals surface area contributed by atoms with Gasteiger partial charge in [0.1, 0.15) is 5.75 Å². The van der Waals surface area contributed by atoms with Gasteiger partial charge in [-0.05, 0) is 44.0 Å². The SMILES string of the molecule is CCC(C)(CCO)NC(=O)Nc1ccc(OC)cc1. The van der Waals surface area contributed by atoms with Gasteiger partial charge >= 0.3 is 6.03 Å². The molecule has 0 saturated heterocycles. The Kier molecular flexibility index (Phi) is 5.63. The highest BCUT2D eigenvalue weighted by Crippen LogP contribution is 2.16. The van der Waals surface area contributed by atoms with Gasteiger partial charge in [0, 0.05) is 17.8 Å². The Labute approximate surface area is 114 Å². The minimum Gasteiger partial charge on any atom is -0.497 e. The lowest BCUT2D eigenvalue weighted by Gasteiger charge is -2.29. The van der Waals surface area contributed by atoms with Gasteiger partial charge in [-0.25, -0.2) is 4.79 Å². The molecule has 5 heteroatoms. The van der Waals surface area contributed by atoms with Crippen LogP contribution in [0.1, 0.15) is 26.7 Å². The van der Waals surface area contributed by atoms with Crippen molar-refractivity contribution >= 4 is 11.7 Å². The number of ether oxygens (including phenoxy) is 1. The minimum absolute atomic E-state index is 0.0488. The molecule has 1 atom stereocenters. The summed E-state index contributed by atoms with van der Waals surface area (Å²) in [5, 5.41) is 14.6. The third-order valence-corrected chi connectivity index (χ3v) is 3.21. The topological polar surface area (TPSA) is 70.6 Å². The van der Waals surface area contributed by atoms with Crippen molar-refractivity contribution in [3.05, 3.63) is 24.3 Å². The number of carbonyl (C=O) groups excluding carboxylic acids is 1. The van der Waals surface area contributed by atoms with Crippen molar-refractivity contribution in [1.29, 1.82) is 0 Å². The molecule has 0 bridgehead atoms. The number of urea groups is 1. The zero-order valence-corrected chi connectivity index (χ0v) is 11.7. The first-order valence-corrected chi connectivity index (χ1v) is 6.37. The monoisotopic (exact) mass is 266 g/mol. The van der Waals surface area contributed by atoms with Crippen LogP contribution in [0.3, 0.4) is 0 Å². The second-order valence-electron chi connectivity index (χ2n) is 4.70. The Morgan fingerprint density at radius 2 is 2.00 bits per heavy atom. The lowest BCUT2D eigenvalue weighted by Crippen LogP contribution is -2.48. The maximum absolute atomic E-state index is 11.9. The number of methoxy groups -OCH3 is 1. The number of benzene rings is 1. The molecule has 2 amide bonds. The van der Waals surface area contributed by atoms with E-state index in [0.29, 0.717) is 12.1 Å². The van der Waals surface area contributed by atoms with E-state index < -0.39 is 5.54 Å². The lowest BCUT2D eigenvalue weighted by atomic mass is 9.95. The number of anilines is 1. The zero-order chi connectivity index (χ0) is 14.3. The number of aliphatic hydroxyl groups excluding tert-OH is 1. The zero-order valence-electron chi connectivity index (χ0n) is 11.7. The first kappa shape index (κ1) is 15.3. The third kappa shape index (κ3) is 4.79. The molecule has 5 nitrogen and oxygen atoms in total. The molecular weight excluding hydrogens is 244 g/mol. The largest absolute Gasteiger partial charge is 0.497 e. The van der Waals surface area contributed by atoms with Crippen LogP contribution < -0.4 is 15.4 Å². The van der Waals surface area contributed by atoms with Crippen molar-refractivity contribution in [2.75, 3.05) is 19.0 Å². The van der Waals surface area contributed by atoms with Gasteiger partial charge in [0.15, 0.2) is 0 Å². The Morgan fingerprint density at radius 3 is 2.47 bits per heavy atom.